The summed E-state index contributed by atoms with van der Waals surface area (Å²) in [6.45, 7) is 2.87. The van der Waals surface area contributed by atoms with Crippen LogP contribution in [0.3, 0.4) is 0 Å². The molecule has 0 unspecified atom stereocenters. The molecule has 72 valence electrons. The average molecular weight is 174 g/mol. The van der Waals surface area contributed by atoms with E-state index in [1.165, 1.54) is 0 Å². The zero-order chi connectivity index (χ0) is 8.81. The number of rotatable bonds is 4. The number of unbranched alkanes of at least 4 members (excludes halogenated alkanes) is 1. The second-order valence-electron chi connectivity index (χ2n) is 3.18. The van der Waals surface area contributed by atoms with E-state index < -0.39 is 6.29 Å². The lowest BCUT2D eigenvalue weighted by atomic mass is 10.2. The summed E-state index contributed by atoms with van der Waals surface area (Å²) in [5.74, 6) is 0. The highest BCUT2D eigenvalue weighted by atomic mass is 16.7. The van der Waals surface area contributed by atoms with Crippen molar-refractivity contribution in [2.45, 2.75) is 51.6 Å². The van der Waals surface area contributed by atoms with Gasteiger partial charge in [0, 0.05) is 6.61 Å². The van der Waals surface area contributed by atoms with Crippen molar-refractivity contribution in [2.24, 2.45) is 0 Å². The topological polar surface area (TPSA) is 38.7 Å². The zero-order valence-corrected chi connectivity index (χ0v) is 7.66. The molecule has 0 bridgehead atoms. The Kier molecular flexibility index (Phi) is 4.58. The molecule has 12 heavy (non-hydrogen) atoms. The molecule has 3 heteroatoms. The molecule has 0 aliphatic carbocycles. The van der Waals surface area contributed by atoms with Gasteiger partial charge in [0.15, 0.2) is 12.6 Å². The molecule has 3 nitrogen and oxygen atoms in total. The molecule has 0 amide bonds. The van der Waals surface area contributed by atoms with Gasteiger partial charge in [0.2, 0.25) is 0 Å². The normalized spacial score (nSPS) is 30.5. The Hall–Kier alpha value is -0.120. The van der Waals surface area contributed by atoms with Crippen molar-refractivity contribution in [3.8, 4) is 0 Å². The van der Waals surface area contributed by atoms with E-state index in [-0.39, 0.29) is 6.29 Å². The fourth-order valence-corrected chi connectivity index (χ4v) is 1.25. The Balaban J connectivity index is 2.06. The van der Waals surface area contributed by atoms with Crippen LogP contribution < -0.4 is 0 Å². The standard InChI is InChI=1S/C9H18O3/c1-2-3-7-11-9-6-4-5-8(10)12-9/h8-10H,2-7H2,1H3/t8-,9+/m1/s1. The van der Waals surface area contributed by atoms with Crippen molar-refractivity contribution in [1.82, 2.24) is 0 Å². The quantitative estimate of drug-likeness (QED) is 0.658. The van der Waals surface area contributed by atoms with E-state index in [1.54, 1.807) is 0 Å². The van der Waals surface area contributed by atoms with Gasteiger partial charge in [-0.05, 0) is 25.7 Å². The number of aliphatic hydroxyl groups excluding tert-OH is 1. The van der Waals surface area contributed by atoms with Crippen molar-refractivity contribution in [2.75, 3.05) is 6.61 Å². The molecule has 0 aromatic rings. The molecule has 1 saturated heterocycles. The van der Waals surface area contributed by atoms with Gasteiger partial charge in [-0.2, -0.15) is 0 Å². The van der Waals surface area contributed by atoms with E-state index in [0.29, 0.717) is 0 Å². The van der Waals surface area contributed by atoms with E-state index in [9.17, 15) is 0 Å². The van der Waals surface area contributed by atoms with Gasteiger partial charge in [-0.15, -0.1) is 0 Å². The molecule has 1 heterocycles. The second-order valence-corrected chi connectivity index (χ2v) is 3.18. The summed E-state index contributed by atoms with van der Waals surface area (Å²) in [5.41, 5.74) is 0. The Morgan fingerprint density at radius 1 is 1.50 bits per heavy atom. The van der Waals surface area contributed by atoms with E-state index >= 15 is 0 Å². The number of ether oxygens (including phenoxy) is 2. The second kappa shape index (κ2) is 5.51. The van der Waals surface area contributed by atoms with Gasteiger partial charge < -0.3 is 14.6 Å². The highest BCUT2D eigenvalue weighted by molar-refractivity contribution is 4.57. The summed E-state index contributed by atoms with van der Waals surface area (Å²) in [4.78, 5) is 0. The Morgan fingerprint density at radius 2 is 2.33 bits per heavy atom. The minimum Gasteiger partial charge on any atom is -0.368 e. The summed E-state index contributed by atoms with van der Waals surface area (Å²) in [7, 11) is 0. The Bertz CT molecular complexity index is 116. The summed E-state index contributed by atoms with van der Waals surface area (Å²) in [5, 5.41) is 9.13. The van der Waals surface area contributed by atoms with Crippen LogP contribution in [-0.4, -0.2) is 24.3 Å². The van der Waals surface area contributed by atoms with Crippen LogP contribution in [0, 0.1) is 0 Å². The summed E-state index contributed by atoms with van der Waals surface area (Å²) >= 11 is 0. The molecule has 0 saturated carbocycles. The molecule has 1 N–H and O–H groups in total. The van der Waals surface area contributed by atoms with Crippen LogP contribution in [0.4, 0.5) is 0 Å². The molecule has 0 aromatic heterocycles. The van der Waals surface area contributed by atoms with Crippen LogP contribution in [-0.2, 0) is 9.47 Å². The first kappa shape index (κ1) is 9.96. The summed E-state index contributed by atoms with van der Waals surface area (Å²) in [6.07, 6.45) is 4.09. The maximum absolute atomic E-state index is 9.13. The predicted molar refractivity (Wildman–Crippen MR) is 45.6 cm³/mol. The van der Waals surface area contributed by atoms with Crippen LogP contribution in [0.15, 0.2) is 0 Å². The third kappa shape index (κ3) is 3.52. The molecule has 1 fully saturated rings. The lowest BCUT2D eigenvalue weighted by molar-refractivity contribution is -0.251. The van der Waals surface area contributed by atoms with Crippen LogP contribution in [0.2, 0.25) is 0 Å². The average Bonchev–Trinajstić information content (AvgIpc) is 2.05. The SMILES string of the molecule is CCCCO[C@@H]1CCC[C@H](O)O1. The van der Waals surface area contributed by atoms with Gasteiger partial charge >= 0.3 is 0 Å². The van der Waals surface area contributed by atoms with E-state index in [2.05, 4.69) is 6.92 Å². The molecule has 2 atom stereocenters. The number of hydrogen-bond acceptors (Lipinski definition) is 3. The monoisotopic (exact) mass is 174 g/mol. The smallest absolute Gasteiger partial charge is 0.160 e. The molecule has 1 aliphatic rings. The van der Waals surface area contributed by atoms with E-state index in [1.807, 2.05) is 0 Å². The van der Waals surface area contributed by atoms with Crippen molar-refractivity contribution < 1.29 is 14.6 Å². The maximum Gasteiger partial charge on any atom is 0.160 e. The fourth-order valence-electron chi connectivity index (χ4n) is 1.25. The summed E-state index contributed by atoms with van der Waals surface area (Å²) < 4.78 is 10.6. The minimum atomic E-state index is -0.606. The highest BCUT2D eigenvalue weighted by Crippen LogP contribution is 2.18. The fraction of sp³-hybridized carbons (Fsp3) is 1.00. The number of aliphatic hydroxyl groups is 1. The molecule has 0 aromatic carbocycles. The van der Waals surface area contributed by atoms with Crippen molar-refractivity contribution in [3.63, 3.8) is 0 Å². The van der Waals surface area contributed by atoms with E-state index in [4.69, 9.17) is 14.6 Å². The van der Waals surface area contributed by atoms with E-state index in [0.717, 1.165) is 38.7 Å². The van der Waals surface area contributed by atoms with Crippen LogP contribution in [0.1, 0.15) is 39.0 Å². The first-order valence-corrected chi connectivity index (χ1v) is 4.78. The van der Waals surface area contributed by atoms with Crippen molar-refractivity contribution >= 4 is 0 Å². The van der Waals surface area contributed by atoms with Crippen molar-refractivity contribution in [3.05, 3.63) is 0 Å². The van der Waals surface area contributed by atoms with Gasteiger partial charge in [0.05, 0.1) is 0 Å². The zero-order valence-electron chi connectivity index (χ0n) is 7.66. The molecular formula is C9H18O3. The van der Waals surface area contributed by atoms with Gasteiger partial charge in [0.1, 0.15) is 0 Å². The molecule has 1 rings (SSSR count). The molecule has 0 spiro atoms. The van der Waals surface area contributed by atoms with Gasteiger partial charge in [0.25, 0.3) is 0 Å². The summed E-state index contributed by atoms with van der Waals surface area (Å²) in [6, 6.07) is 0. The first-order valence-electron chi connectivity index (χ1n) is 4.78. The van der Waals surface area contributed by atoms with Gasteiger partial charge in [-0.3, -0.25) is 0 Å². The first-order chi connectivity index (χ1) is 5.83. The minimum absolute atomic E-state index is 0.166. The van der Waals surface area contributed by atoms with Crippen LogP contribution in [0.5, 0.6) is 0 Å². The number of hydrogen-bond donors (Lipinski definition) is 1. The molecular weight excluding hydrogens is 156 g/mol. The third-order valence-electron chi connectivity index (χ3n) is 2.00. The Morgan fingerprint density at radius 3 is 3.00 bits per heavy atom. The van der Waals surface area contributed by atoms with Crippen LogP contribution >= 0.6 is 0 Å². The molecule has 1 aliphatic heterocycles. The predicted octanol–water partition coefficient (Wildman–Crippen LogP) is 1.65. The molecule has 0 radical (unpaired) electrons. The highest BCUT2D eigenvalue weighted by Gasteiger charge is 2.20. The van der Waals surface area contributed by atoms with Crippen LogP contribution in [0.25, 0.3) is 0 Å². The van der Waals surface area contributed by atoms with Gasteiger partial charge in [-0.1, -0.05) is 13.3 Å². The largest absolute Gasteiger partial charge is 0.368 e. The van der Waals surface area contributed by atoms with Crippen molar-refractivity contribution in [1.29, 1.82) is 0 Å². The Labute approximate surface area is 73.7 Å². The lowest BCUT2D eigenvalue weighted by Gasteiger charge is -2.26. The maximum atomic E-state index is 9.13. The lowest BCUT2D eigenvalue weighted by Crippen LogP contribution is -2.29. The van der Waals surface area contributed by atoms with Gasteiger partial charge in [-0.25, -0.2) is 0 Å². The third-order valence-corrected chi connectivity index (χ3v) is 2.00.